The lowest BCUT2D eigenvalue weighted by molar-refractivity contribution is 1.04. The van der Waals surface area contributed by atoms with Gasteiger partial charge in [0, 0.05) is 23.1 Å². The van der Waals surface area contributed by atoms with E-state index in [0.29, 0.717) is 29.5 Å². The van der Waals surface area contributed by atoms with Crippen LogP contribution in [-0.4, -0.2) is 20.7 Å². The summed E-state index contributed by atoms with van der Waals surface area (Å²) < 4.78 is 0. The molecule has 6 aromatic carbocycles. The number of hydrogen-bond donors (Lipinski definition) is 0. The second-order valence-corrected chi connectivity index (χ2v) is 13.3. The molecule has 0 aliphatic carbocycles. The fourth-order valence-electron chi connectivity index (χ4n) is 6.75. The van der Waals surface area contributed by atoms with Gasteiger partial charge in [-0.3, -0.25) is 4.99 Å². The first kappa shape index (κ1) is 35.5. The highest BCUT2D eigenvalue weighted by molar-refractivity contribution is 6.07. The standard InChI is InChI=1S/C52H38N4/c1-3-37(33-38(4-2)50-54-51(41-23-13-7-14-24-41)56-52(55-50)42-25-15-8-16-26-42)43-27-17-29-46(34-43)48-32-31-45(40-21-11-6-12-22-40)36-49(53-48)47-30-18-28-44(35-47)39-19-9-5-10-20-39/h2-3,5-31,33-36H,32H2,1H3/b37-3+,38-33+. The Morgan fingerprint density at radius 1 is 0.554 bits per heavy atom. The largest absolute Gasteiger partial charge is 0.252 e. The Bertz CT molecular complexity index is 2640. The molecule has 0 fully saturated rings. The Morgan fingerprint density at radius 2 is 1.09 bits per heavy atom. The summed E-state index contributed by atoms with van der Waals surface area (Å²) in [6.45, 7) is 2.02. The van der Waals surface area contributed by atoms with E-state index in [1.807, 2.05) is 85.8 Å². The Morgan fingerprint density at radius 3 is 1.70 bits per heavy atom. The van der Waals surface area contributed by atoms with Crippen molar-refractivity contribution in [3.05, 3.63) is 222 Å². The predicted octanol–water partition coefficient (Wildman–Crippen LogP) is 12.3. The molecule has 0 saturated heterocycles. The summed E-state index contributed by atoms with van der Waals surface area (Å²) in [5.41, 5.74) is 12.9. The van der Waals surface area contributed by atoms with Crippen LogP contribution in [0, 0.1) is 12.3 Å². The summed E-state index contributed by atoms with van der Waals surface area (Å²) >= 11 is 0. The van der Waals surface area contributed by atoms with Crippen molar-refractivity contribution >= 4 is 28.1 Å². The van der Waals surface area contributed by atoms with Gasteiger partial charge in [-0.15, -0.1) is 6.42 Å². The highest BCUT2D eigenvalue weighted by Crippen LogP contribution is 2.32. The zero-order valence-corrected chi connectivity index (χ0v) is 31.0. The number of rotatable bonds is 9. The molecule has 0 amide bonds. The van der Waals surface area contributed by atoms with E-state index in [1.165, 1.54) is 5.56 Å². The van der Waals surface area contributed by atoms with E-state index >= 15 is 0 Å². The molecule has 1 aliphatic heterocycles. The SMILES string of the molecule is C#C/C(=C\C(=C/C)c1cccc(C2=NC(c3cccc(-c4ccccc4)c3)=CC(c3ccccc3)=CC2)c1)c1nc(-c2ccccc2)nc(-c2ccccc2)n1. The highest BCUT2D eigenvalue weighted by atomic mass is 15.0. The van der Waals surface area contributed by atoms with Gasteiger partial charge in [-0.25, -0.2) is 15.0 Å². The number of benzene rings is 6. The van der Waals surface area contributed by atoms with E-state index < -0.39 is 0 Å². The van der Waals surface area contributed by atoms with E-state index in [2.05, 4.69) is 121 Å². The van der Waals surface area contributed by atoms with Gasteiger partial charge in [-0.2, -0.15) is 0 Å². The van der Waals surface area contributed by atoms with Gasteiger partial charge in [0.15, 0.2) is 17.5 Å². The predicted molar refractivity (Wildman–Crippen MR) is 233 cm³/mol. The first-order valence-electron chi connectivity index (χ1n) is 18.7. The Kier molecular flexibility index (Phi) is 10.6. The summed E-state index contributed by atoms with van der Waals surface area (Å²) in [4.78, 5) is 20.0. The maximum absolute atomic E-state index is 6.23. The van der Waals surface area contributed by atoms with Crippen LogP contribution in [0.1, 0.15) is 41.4 Å². The van der Waals surface area contributed by atoms with Crippen LogP contribution >= 0.6 is 0 Å². The zero-order chi connectivity index (χ0) is 38.1. The monoisotopic (exact) mass is 718 g/mol. The molecule has 266 valence electrons. The summed E-state index contributed by atoms with van der Waals surface area (Å²) in [7, 11) is 0. The molecule has 0 spiro atoms. The molecule has 7 aromatic rings. The van der Waals surface area contributed by atoms with Gasteiger partial charge in [0.2, 0.25) is 0 Å². The van der Waals surface area contributed by atoms with Crippen LogP contribution in [-0.2, 0) is 0 Å². The molecule has 8 rings (SSSR count). The topological polar surface area (TPSA) is 51.0 Å². The van der Waals surface area contributed by atoms with Crippen LogP contribution in [0.3, 0.4) is 0 Å². The smallest absolute Gasteiger partial charge is 0.172 e. The van der Waals surface area contributed by atoms with Crippen molar-refractivity contribution in [3.63, 3.8) is 0 Å². The van der Waals surface area contributed by atoms with Crippen LogP contribution in [0.15, 0.2) is 199 Å². The summed E-state index contributed by atoms with van der Waals surface area (Å²) in [6, 6.07) is 57.9. The van der Waals surface area contributed by atoms with Crippen molar-refractivity contribution in [2.75, 3.05) is 0 Å². The average molecular weight is 719 g/mol. The minimum atomic E-state index is 0.440. The molecule has 0 radical (unpaired) electrons. The molecule has 1 aromatic heterocycles. The molecule has 0 N–H and O–H groups in total. The molecular formula is C52H38N4. The van der Waals surface area contributed by atoms with Crippen LogP contribution < -0.4 is 0 Å². The zero-order valence-electron chi connectivity index (χ0n) is 31.0. The normalized spacial score (nSPS) is 13.2. The van der Waals surface area contributed by atoms with Crippen molar-refractivity contribution in [2.24, 2.45) is 4.99 Å². The highest BCUT2D eigenvalue weighted by Gasteiger charge is 2.16. The second kappa shape index (κ2) is 16.7. The van der Waals surface area contributed by atoms with Crippen molar-refractivity contribution in [1.82, 2.24) is 15.0 Å². The molecule has 0 unspecified atom stereocenters. The second-order valence-electron chi connectivity index (χ2n) is 13.3. The third-order valence-corrected chi connectivity index (χ3v) is 9.67. The lowest BCUT2D eigenvalue weighted by Gasteiger charge is -2.11. The quantitative estimate of drug-likeness (QED) is 0.110. The number of allylic oxidation sites excluding steroid dienone is 7. The van der Waals surface area contributed by atoms with E-state index in [4.69, 9.17) is 26.4 Å². The lowest BCUT2D eigenvalue weighted by Crippen LogP contribution is -2.03. The van der Waals surface area contributed by atoms with E-state index in [-0.39, 0.29) is 0 Å². The molecule has 4 nitrogen and oxygen atoms in total. The number of aromatic nitrogens is 3. The molecule has 0 atom stereocenters. The Labute approximate surface area is 328 Å². The first-order valence-corrected chi connectivity index (χ1v) is 18.7. The molecule has 56 heavy (non-hydrogen) atoms. The van der Waals surface area contributed by atoms with Crippen LogP contribution in [0.4, 0.5) is 0 Å². The molecule has 0 saturated carbocycles. The van der Waals surface area contributed by atoms with Gasteiger partial charge >= 0.3 is 0 Å². The molecule has 0 bridgehead atoms. The first-order chi connectivity index (χ1) is 27.6. The van der Waals surface area contributed by atoms with Gasteiger partial charge in [0.05, 0.1) is 17.0 Å². The average Bonchev–Trinajstić information content (AvgIpc) is 3.52. The van der Waals surface area contributed by atoms with Crippen molar-refractivity contribution < 1.29 is 0 Å². The lowest BCUT2D eigenvalue weighted by atomic mass is 9.97. The molecule has 2 heterocycles. The van der Waals surface area contributed by atoms with Gasteiger partial charge in [-0.05, 0) is 70.2 Å². The van der Waals surface area contributed by atoms with Gasteiger partial charge in [-0.1, -0.05) is 176 Å². The van der Waals surface area contributed by atoms with E-state index in [1.54, 1.807) is 0 Å². The third-order valence-electron chi connectivity index (χ3n) is 9.67. The maximum atomic E-state index is 6.23. The van der Waals surface area contributed by atoms with Gasteiger partial charge in [0.25, 0.3) is 0 Å². The number of nitrogens with zero attached hydrogens (tertiary/aromatic N) is 4. The van der Waals surface area contributed by atoms with Gasteiger partial charge in [0.1, 0.15) is 0 Å². The number of terminal acetylenes is 1. The minimum absolute atomic E-state index is 0.440. The fraction of sp³-hybridized carbons (Fsp3) is 0.0385. The van der Waals surface area contributed by atoms with Crippen molar-refractivity contribution in [3.8, 4) is 46.2 Å². The van der Waals surface area contributed by atoms with Crippen molar-refractivity contribution in [1.29, 1.82) is 0 Å². The molecule has 4 heteroatoms. The van der Waals surface area contributed by atoms with Crippen LogP contribution in [0.2, 0.25) is 0 Å². The molecule has 1 aliphatic rings. The van der Waals surface area contributed by atoms with Gasteiger partial charge < -0.3 is 0 Å². The summed E-state index contributed by atoms with van der Waals surface area (Å²) in [5.74, 6) is 4.45. The minimum Gasteiger partial charge on any atom is -0.252 e. The maximum Gasteiger partial charge on any atom is 0.172 e. The summed E-state index contributed by atoms with van der Waals surface area (Å²) in [6.07, 6.45) is 15.4. The van der Waals surface area contributed by atoms with Crippen molar-refractivity contribution in [2.45, 2.75) is 13.3 Å². The Balaban J connectivity index is 1.18. The number of hydrogen-bond acceptors (Lipinski definition) is 4. The number of aliphatic imine (C=N–C) groups is 1. The van der Waals surface area contributed by atoms with E-state index in [0.717, 1.165) is 61.5 Å². The Hall–Kier alpha value is -7.48. The van der Waals surface area contributed by atoms with Crippen LogP contribution in [0.5, 0.6) is 0 Å². The van der Waals surface area contributed by atoms with Crippen LogP contribution in [0.25, 0.3) is 56.3 Å². The summed E-state index contributed by atoms with van der Waals surface area (Å²) in [5, 5.41) is 0. The fourth-order valence-corrected chi connectivity index (χ4v) is 6.75. The van der Waals surface area contributed by atoms with E-state index in [9.17, 15) is 0 Å². The third kappa shape index (κ3) is 8.04. The molecular weight excluding hydrogens is 681 g/mol.